The van der Waals surface area contributed by atoms with Gasteiger partial charge in [0.05, 0.1) is 4.88 Å². The number of carbonyl (C=O) groups is 2. The van der Waals surface area contributed by atoms with Crippen LogP contribution in [0.5, 0.6) is 0 Å². The normalized spacial score (nSPS) is 16.5. The van der Waals surface area contributed by atoms with E-state index in [4.69, 9.17) is 0 Å². The molecule has 140 valence electrons. The number of rotatable bonds is 6. The molecule has 26 heavy (non-hydrogen) atoms. The summed E-state index contributed by atoms with van der Waals surface area (Å²) in [6.45, 7) is 5.51. The van der Waals surface area contributed by atoms with Gasteiger partial charge in [-0.25, -0.2) is 0 Å². The SMILES string of the molecule is CCC(C)Sc1nnc(NC(=O)C2CCN(C(=O)c3cccs3)CC2)s1. The first-order chi connectivity index (χ1) is 12.6. The van der Waals surface area contributed by atoms with E-state index in [-0.39, 0.29) is 17.7 Å². The van der Waals surface area contributed by atoms with E-state index in [0.29, 0.717) is 36.3 Å². The van der Waals surface area contributed by atoms with Gasteiger partial charge in [-0.05, 0) is 30.7 Å². The second-order valence-corrected chi connectivity index (χ2v) is 9.85. The summed E-state index contributed by atoms with van der Waals surface area (Å²) < 4.78 is 0.881. The number of thiophene rings is 1. The monoisotopic (exact) mass is 410 g/mol. The Kier molecular flexibility index (Phi) is 6.66. The number of hydrogen-bond acceptors (Lipinski definition) is 7. The second kappa shape index (κ2) is 8.96. The van der Waals surface area contributed by atoms with Crippen LogP contribution in [0, 0.1) is 5.92 Å². The lowest BCUT2D eigenvalue weighted by atomic mass is 9.96. The van der Waals surface area contributed by atoms with Gasteiger partial charge in [0.15, 0.2) is 4.34 Å². The molecule has 3 heterocycles. The van der Waals surface area contributed by atoms with Crippen molar-refractivity contribution in [1.29, 1.82) is 0 Å². The molecule has 1 N–H and O–H groups in total. The first kappa shape index (κ1) is 19.3. The van der Waals surface area contributed by atoms with Crippen molar-refractivity contribution in [2.45, 2.75) is 42.7 Å². The Bertz CT molecular complexity index is 739. The highest BCUT2D eigenvalue weighted by Crippen LogP contribution is 2.30. The van der Waals surface area contributed by atoms with Crippen LogP contribution in [0.1, 0.15) is 42.8 Å². The fraction of sp³-hybridized carbons (Fsp3) is 0.529. The molecule has 0 saturated carbocycles. The smallest absolute Gasteiger partial charge is 0.263 e. The van der Waals surface area contributed by atoms with Gasteiger partial charge in [0, 0.05) is 24.3 Å². The van der Waals surface area contributed by atoms with E-state index < -0.39 is 0 Å². The van der Waals surface area contributed by atoms with Crippen LogP contribution < -0.4 is 5.32 Å². The molecule has 9 heteroatoms. The van der Waals surface area contributed by atoms with Crippen molar-refractivity contribution in [2.75, 3.05) is 18.4 Å². The van der Waals surface area contributed by atoms with Crippen molar-refractivity contribution in [3.05, 3.63) is 22.4 Å². The van der Waals surface area contributed by atoms with Gasteiger partial charge in [0.2, 0.25) is 11.0 Å². The summed E-state index contributed by atoms with van der Waals surface area (Å²) in [5.74, 6) is -0.0453. The van der Waals surface area contributed by atoms with Crippen molar-refractivity contribution in [3.8, 4) is 0 Å². The first-order valence-electron chi connectivity index (χ1n) is 8.70. The van der Waals surface area contributed by atoms with Crippen LogP contribution in [0.2, 0.25) is 0 Å². The number of anilines is 1. The average Bonchev–Trinajstić information content (AvgIpc) is 3.33. The fourth-order valence-corrected chi connectivity index (χ4v) is 5.36. The van der Waals surface area contributed by atoms with Gasteiger partial charge >= 0.3 is 0 Å². The zero-order valence-electron chi connectivity index (χ0n) is 14.8. The largest absolute Gasteiger partial charge is 0.338 e. The fourth-order valence-electron chi connectivity index (χ4n) is 2.67. The summed E-state index contributed by atoms with van der Waals surface area (Å²) in [5.41, 5.74) is 0. The van der Waals surface area contributed by atoms with E-state index in [9.17, 15) is 9.59 Å². The third-order valence-corrected chi connectivity index (χ3v) is 7.45. The van der Waals surface area contributed by atoms with Crippen LogP contribution in [-0.2, 0) is 4.79 Å². The molecule has 1 atom stereocenters. The Balaban J connectivity index is 1.49. The third-order valence-electron chi connectivity index (χ3n) is 4.40. The molecule has 2 amide bonds. The van der Waals surface area contributed by atoms with E-state index in [1.165, 1.54) is 22.7 Å². The number of nitrogens with zero attached hydrogens (tertiary/aromatic N) is 3. The van der Waals surface area contributed by atoms with Gasteiger partial charge < -0.3 is 10.2 Å². The minimum atomic E-state index is -0.0862. The number of piperidine rings is 1. The molecule has 1 aliphatic heterocycles. The number of likely N-dealkylation sites (tertiary alicyclic amines) is 1. The van der Waals surface area contributed by atoms with Crippen LogP contribution in [0.25, 0.3) is 0 Å². The number of aromatic nitrogens is 2. The number of carbonyl (C=O) groups excluding carboxylic acids is 2. The lowest BCUT2D eigenvalue weighted by Crippen LogP contribution is -2.41. The number of hydrogen-bond donors (Lipinski definition) is 1. The number of thioether (sulfide) groups is 1. The Morgan fingerprint density at radius 3 is 2.81 bits per heavy atom. The van der Waals surface area contributed by atoms with Crippen molar-refractivity contribution >= 4 is 51.4 Å². The average molecular weight is 411 g/mol. The number of nitrogens with one attached hydrogen (secondary N) is 1. The summed E-state index contributed by atoms with van der Waals surface area (Å²) in [7, 11) is 0. The molecular formula is C17H22N4O2S3. The first-order valence-corrected chi connectivity index (χ1v) is 11.3. The molecule has 1 aliphatic rings. The van der Waals surface area contributed by atoms with Crippen molar-refractivity contribution in [2.24, 2.45) is 5.92 Å². The van der Waals surface area contributed by atoms with Crippen LogP contribution >= 0.6 is 34.4 Å². The Morgan fingerprint density at radius 2 is 2.15 bits per heavy atom. The highest BCUT2D eigenvalue weighted by Gasteiger charge is 2.28. The van der Waals surface area contributed by atoms with E-state index in [2.05, 4.69) is 29.4 Å². The Hall–Kier alpha value is -1.45. The lowest BCUT2D eigenvalue weighted by Gasteiger charge is -2.30. The van der Waals surface area contributed by atoms with E-state index in [0.717, 1.165) is 15.6 Å². The van der Waals surface area contributed by atoms with Crippen LogP contribution in [0.3, 0.4) is 0 Å². The summed E-state index contributed by atoms with van der Waals surface area (Å²) >= 11 is 4.55. The maximum absolute atomic E-state index is 12.5. The van der Waals surface area contributed by atoms with Crippen LogP contribution in [0.15, 0.2) is 21.9 Å². The van der Waals surface area contributed by atoms with Gasteiger partial charge in [-0.2, -0.15) is 0 Å². The predicted octanol–water partition coefficient (Wildman–Crippen LogP) is 3.98. The summed E-state index contributed by atoms with van der Waals surface area (Å²) in [5, 5.41) is 14.0. The van der Waals surface area contributed by atoms with Crippen LogP contribution in [-0.4, -0.2) is 45.3 Å². The van der Waals surface area contributed by atoms with Gasteiger partial charge in [-0.15, -0.1) is 21.5 Å². The van der Waals surface area contributed by atoms with Crippen molar-refractivity contribution in [3.63, 3.8) is 0 Å². The third kappa shape index (κ3) is 4.83. The lowest BCUT2D eigenvalue weighted by molar-refractivity contribution is -0.121. The minimum absolute atomic E-state index is 0.0236. The van der Waals surface area contributed by atoms with E-state index in [1.807, 2.05) is 22.4 Å². The molecule has 0 aromatic carbocycles. The van der Waals surface area contributed by atoms with Gasteiger partial charge in [-0.3, -0.25) is 9.59 Å². The van der Waals surface area contributed by atoms with Gasteiger partial charge in [0.25, 0.3) is 5.91 Å². The zero-order chi connectivity index (χ0) is 18.5. The molecule has 0 aliphatic carbocycles. The molecule has 0 bridgehead atoms. The van der Waals surface area contributed by atoms with Crippen molar-refractivity contribution in [1.82, 2.24) is 15.1 Å². The quantitative estimate of drug-likeness (QED) is 0.576. The molecule has 0 spiro atoms. The van der Waals surface area contributed by atoms with Crippen molar-refractivity contribution < 1.29 is 9.59 Å². The molecule has 3 rings (SSSR count). The summed E-state index contributed by atoms with van der Waals surface area (Å²) in [6.07, 6.45) is 2.42. The topological polar surface area (TPSA) is 75.2 Å². The Morgan fingerprint density at radius 1 is 1.38 bits per heavy atom. The molecule has 0 radical (unpaired) electrons. The summed E-state index contributed by atoms with van der Waals surface area (Å²) in [4.78, 5) is 27.4. The van der Waals surface area contributed by atoms with E-state index in [1.54, 1.807) is 11.8 Å². The van der Waals surface area contributed by atoms with E-state index >= 15 is 0 Å². The maximum Gasteiger partial charge on any atom is 0.263 e. The molecular weight excluding hydrogens is 388 g/mol. The minimum Gasteiger partial charge on any atom is -0.338 e. The van der Waals surface area contributed by atoms with Gasteiger partial charge in [0.1, 0.15) is 0 Å². The molecule has 6 nitrogen and oxygen atoms in total. The second-order valence-electron chi connectivity index (χ2n) is 6.24. The predicted molar refractivity (Wildman–Crippen MR) is 107 cm³/mol. The maximum atomic E-state index is 12.5. The molecule has 1 fully saturated rings. The molecule has 1 saturated heterocycles. The number of amides is 2. The highest BCUT2D eigenvalue weighted by molar-refractivity contribution is 8.01. The summed E-state index contributed by atoms with van der Waals surface area (Å²) in [6, 6.07) is 3.73. The molecule has 2 aromatic heterocycles. The zero-order valence-corrected chi connectivity index (χ0v) is 17.3. The standard InChI is InChI=1S/C17H22N4O2S3/c1-3-11(2)25-17-20-19-16(26-17)18-14(22)12-6-8-21(9-7-12)15(23)13-5-4-10-24-13/h4-5,10-12H,3,6-9H2,1-2H3,(H,18,19,22). The van der Waals surface area contributed by atoms with Crippen LogP contribution in [0.4, 0.5) is 5.13 Å². The Labute approximate surface area is 165 Å². The molecule has 1 unspecified atom stereocenters. The van der Waals surface area contributed by atoms with Gasteiger partial charge in [-0.1, -0.05) is 43.0 Å². The molecule has 2 aromatic rings. The highest BCUT2D eigenvalue weighted by atomic mass is 32.2.